The van der Waals surface area contributed by atoms with Crippen LogP contribution in [0.5, 0.6) is 0 Å². The Morgan fingerprint density at radius 3 is 2.57 bits per heavy atom. The minimum absolute atomic E-state index is 0.220. The average molecular weight is 416 g/mol. The van der Waals surface area contributed by atoms with Crippen molar-refractivity contribution in [2.45, 2.75) is 31.6 Å². The van der Waals surface area contributed by atoms with Crippen molar-refractivity contribution in [3.05, 3.63) is 49.0 Å². The van der Waals surface area contributed by atoms with Crippen molar-refractivity contribution in [1.82, 2.24) is 9.97 Å². The van der Waals surface area contributed by atoms with Gasteiger partial charge in [0.15, 0.2) is 0 Å². The number of nitrogens with one attached hydrogen (secondary N) is 1. The standard InChI is InChI=1S/C15H13Br2FN2O/c16-10-5-9(6-11(18)7-10)14-19-13(8-3-1-2-4-8)12(17)15(21)20-14/h5-8H,1-4H2,(H,19,20,21). The lowest BCUT2D eigenvalue weighted by Crippen LogP contribution is -2.15. The van der Waals surface area contributed by atoms with Gasteiger partial charge in [0.2, 0.25) is 0 Å². The van der Waals surface area contributed by atoms with Gasteiger partial charge in [-0.2, -0.15) is 0 Å². The summed E-state index contributed by atoms with van der Waals surface area (Å²) in [5.74, 6) is 0.343. The van der Waals surface area contributed by atoms with Gasteiger partial charge in [-0.05, 0) is 47.0 Å². The number of aromatic amines is 1. The zero-order chi connectivity index (χ0) is 15.0. The molecule has 1 aliphatic carbocycles. The third-order valence-electron chi connectivity index (χ3n) is 3.77. The first-order valence-electron chi connectivity index (χ1n) is 6.81. The van der Waals surface area contributed by atoms with Gasteiger partial charge in [0, 0.05) is 16.0 Å². The van der Waals surface area contributed by atoms with Gasteiger partial charge in [0.1, 0.15) is 16.1 Å². The Kier molecular flexibility index (Phi) is 4.26. The van der Waals surface area contributed by atoms with Crippen LogP contribution in [0.1, 0.15) is 37.3 Å². The van der Waals surface area contributed by atoms with Crippen LogP contribution in [0.25, 0.3) is 11.4 Å². The van der Waals surface area contributed by atoms with Gasteiger partial charge in [-0.25, -0.2) is 9.37 Å². The van der Waals surface area contributed by atoms with Crippen LogP contribution in [-0.2, 0) is 0 Å². The average Bonchev–Trinajstić information content (AvgIpc) is 2.94. The summed E-state index contributed by atoms with van der Waals surface area (Å²) in [5.41, 5.74) is 1.12. The molecule has 6 heteroatoms. The number of hydrogen-bond donors (Lipinski definition) is 1. The fourth-order valence-corrected chi connectivity index (χ4v) is 3.75. The summed E-state index contributed by atoms with van der Waals surface area (Å²) in [6.45, 7) is 0. The van der Waals surface area contributed by atoms with E-state index < -0.39 is 0 Å². The summed E-state index contributed by atoms with van der Waals surface area (Å²) < 4.78 is 14.6. The smallest absolute Gasteiger partial charge is 0.265 e. The van der Waals surface area contributed by atoms with Crippen LogP contribution < -0.4 is 5.56 Å². The van der Waals surface area contributed by atoms with Gasteiger partial charge in [-0.15, -0.1) is 0 Å². The number of rotatable bonds is 2. The van der Waals surface area contributed by atoms with Gasteiger partial charge in [0.05, 0.1) is 5.69 Å². The van der Waals surface area contributed by atoms with Gasteiger partial charge in [0.25, 0.3) is 5.56 Å². The largest absolute Gasteiger partial charge is 0.306 e. The molecule has 0 spiro atoms. The second-order valence-electron chi connectivity index (χ2n) is 5.25. The molecule has 1 aromatic carbocycles. The summed E-state index contributed by atoms with van der Waals surface area (Å²) in [5, 5.41) is 0. The van der Waals surface area contributed by atoms with E-state index in [1.165, 1.54) is 12.1 Å². The molecule has 1 saturated carbocycles. The van der Waals surface area contributed by atoms with Crippen molar-refractivity contribution in [3.63, 3.8) is 0 Å². The SMILES string of the molecule is O=c1[nH]c(-c2cc(F)cc(Br)c2)nc(C2CCCC2)c1Br. The number of halogens is 3. The molecule has 1 fully saturated rings. The Labute approximate surface area is 138 Å². The second-order valence-corrected chi connectivity index (χ2v) is 6.96. The summed E-state index contributed by atoms with van der Waals surface area (Å²) in [7, 11) is 0. The minimum atomic E-state index is -0.368. The molecular weight excluding hydrogens is 403 g/mol. The van der Waals surface area contributed by atoms with E-state index in [0.29, 0.717) is 26.3 Å². The first-order valence-corrected chi connectivity index (χ1v) is 8.39. The Balaban J connectivity index is 2.12. The molecule has 21 heavy (non-hydrogen) atoms. The molecule has 2 aromatic rings. The molecule has 1 aromatic heterocycles. The van der Waals surface area contributed by atoms with Gasteiger partial charge < -0.3 is 4.98 Å². The van der Waals surface area contributed by atoms with E-state index in [1.807, 2.05) is 0 Å². The van der Waals surface area contributed by atoms with Gasteiger partial charge in [-0.3, -0.25) is 4.79 Å². The minimum Gasteiger partial charge on any atom is -0.306 e. The first kappa shape index (κ1) is 14.9. The van der Waals surface area contributed by atoms with Crippen LogP contribution in [0.3, 0.4) is 0 Å². The van der Waals surface area contributed by atoms with E-state index in [4.69, 9.17) is 0 Å². The highest BCUT2D eigenvalue weighted by atomic mass is 79.9. The zero-order valence-corrected chi connectivity index (χ0v) is 14.3. The summed E-state index contributed by atoms with van der Waals surface area (Å²) in [4.78, 5) is 19.4. The van der Waals surface area contributed by atoms with Crippen molar-refractivity contribution in [3.8, 4) is 11.4 Å². The molecule has 1 N–H and O–H groups in total. The van der Waals surface area contributed by atoms with E-state index in [9.17, 15) is 9.18 Å². The van der Waals surface area contributed by atoms with E-state index in [1.54, 1.807) is 6.07 Å². The maximum Gasteiger partial charge on any atom is 0.265 e. The van der Waals surface area contributed by atoms with Crippen LogP contribution >= 0.6 is 31.9 Å². The molecular formula is C15H13Br2FN2O. The quantitative estimate of drug-likeness (QED) is 0.768. The van der Waals surface area contributed by atoms with Crippen LogP contribution in [0.15, 0.2) is 31.9 Å². The number of benzene rings is 1. The van der Waals surface area contributed by atoms with E-state index in [0.717, 1.165) is 31.4 Å². The third kappa shape index (κ3) is 3.11. The number of hydrogen-bond acceptors (Lipinski definition) is 2. The number of aromatic nitrogens is 2. The maximum atomic E-state index is 13.5. The normalized spacial score (nSPS) is 15.6. The Morgan fingerprint density at radius 1 is 1.19 bits per heavy atom. The zero-order valence-electron chi connectivity index (χ0n) is 11.1. The number of H-pyrrole nitrogens is 1. The fraction of sp³-hybridized carbons (Fsp3) is 0.333. The fourth-order valence-electron chi connectivity index (χ4n) is 2.77. The van der Waals surface area contributed by atoms with Crippen molar-refractivity contribution in [2.75, 3.05) is 0 Å². The highest BCUT2D eigenvalue weighted by Crippen LogP contribution is 2.36. The molecule has 0 aliphatic heterocycles. The Bertz CT molecular complexity index is 719. The highest BCUT2D eigenvalue weighted by Gasteiger charge is 2.23. The van der Waals surface area contributed by atoms with Crippen molar-refractivity contribution in [2.24, 2.45) is 0 Å². The predicted octanol–water partition coefficient (Wildman–Crippen LogP) is 4.76. The molecule has 0 saturated heterocycles. The van der Waals surface area contributed by atoms with Gasteiger partial charge >= 0.3 is 0 Å². The molecule has 3 rings (SSSR count). The Morgan fingerprint density at radius 2 is 1.90 bits per heavy atom. The predicted molar refractivity (Wildman–Crippen MR) is 86.9 cm³/mol. The number of nitrogens with zero attached hydrogens (tertiary/aromatic N) is 1. The lowest BCUT2D eigenvalue weighted by atomic mass is 10.0. The molecule has 1 heterocycles. The maximum absolute atomic E-state index is 13.5. The summed E-state index contributed by atoms with van der Waals surface area (Å²) in [6.07, 6.45) is 4.40. The molecule has 0 amide bonds. The molecule has 3 nitrogen and oxygen atoms in total. The summed E-state index contributed by atoms with van der Waals surface area (Å²) in [6, 6.07) is 4.49. The molecule has 0 unspecified atom stereocenters. The molecule has 1 aliphatic rings. The molecule has 0 radical (unpaired) electrons. The van der Waals surface area contributed by atoms with Crippen molar-refractivity contribution < 1.29 is 4.39 Å². The monoisotopic (exact) mass is 414 g/mol. The molecule has 110 valence electrons. The van der Waals surface area contributed by atoms with Crippen molar-refractivity contribution >= 4 is 31.9 Å². The van der Waals surface area contributed by atoms with E-state index >= 15 is 0 Å². The molecule has 0 bridgehead atoms. The van der Waals surface area contributed by atoms with E-state index in [2.05, 4.69) is 41.8 Å². The van der Waals surface area contributed by atoms with Crippen LogP contribution in [0.2, 0.25) is 0 Å². The topological polar surface area (TPSA) is 45.8 Å². The van der Waals surface area contributed by atoms with E-state index in [-0.39, 0.29) is 11.4 Å². The van der Waals surface area contributed by atoms with Crippen LogP contribution in [0.4, 0.5) is 4.39 Å². The van der Waals surface area contributed by atoms with Gasteiger partial charge in [-0.1, -0.05) is 28.8 Å². The summed E-state index contributed by atoms with van der Waals surface area (Å²) >= 11 is 6.60. The van der Waals surface area contributed by atoms with Crippen LogP contribution in [-0.4, -0.2) is 9.97 Å². The van der Waals surface area contributed by atoms with Crippen molar-refractivity contribution in [1.29, 1.82) is 0 Å². The second kappa shape index (κ2) is 6.01. The Hall–Kier alpha value is -1.01. The first-order chi connectivity index (χ1) is 10.0. The highest BCUT2D eigenvalue weighted by molar-refractivity contribution is 9.10. The van der Waals surface area contributed by atoms with Crippen LogP contribution in [0, 0.1) is 5.82 Å². The third-order valence-corrected chi connectivity index (χ3v) is 4.99. The molecule has 0 atom stereocenters. The lowest BCUT2D eigenvalue weighted by Gasteiger charge is -2.12. The lowest BCUT2D eigenvalue weighted by molar-refractivity contribution is 0.627.